The summed E-state index contributed by atoms with van der Waals surface area (Å²) in [6.45, 7) is 1.66. The highest BCUT2D eigenvalue weighted by Gasteiger charge is 2.14. The summed E-state index contributed by atoms with van der Waals surface area (Å²) in [7, 11) is 0. The Hall–Kier alpha value is -0.310. The van der Waals surface area contributed by atoms with Crippen LogP contribution in [0.2, 0.25) is 0 Å². The van der Waals surface area contributed by atoms with Crippen molar-refractivity contribution < 1.29 is 14.3 Å². The summed E-state index contributed by atoms with van der Waals surface area (Å²) in [5.41, 5.74) is 0. The molecule has 0 aliphatic heterocycles. The minimum atomic E-state index is -1.02. The van der Waals surface area contributed by atoms with Gasteiger partial charge in [-0.15, -0.1) is 11.6 Å². The monoisotopic (exact) mass is 140 g/mol. The molecule has 48 valence electrons. The lowest BCUT2D eigenvalue weighted by molar-refractivity contribution is -0.183. The van der Waals surface area contributed by atoms with Gasteiger partial charge in [-0.05, 0) is 6.42 Å². The Morgan fingerprint density at radius 3 is 2.62 bits per heavy atom. The molecule has 8 heavy (non-hydrogen) atoms. The van der Waals surface area contributed by atoms with E-state index < -0.39 is 11.3 Å². The van der Waals surface area contributed by atoms with E-state index in [1.807, 2.05) is 0 Å². The summed E-state index contributed by atoms with van der Waals surface area (Å²) >= 11 is 5.20. The molecule has 0 amide bonds. The molecule has 0 rings (SSSR count). The summed E-state index contributed by atoms with van der Waals surface area (Å²) in [4.78, 5) is 12.8. The molecule has 1 unspecified atom stereocenters. The van der Waals surface area contributed by atoms with Gasteiger partial charge >= 0.3 is 5.97 Å². The first kappa shape index (κ1) is 7.69. The highest BCUT2D eigenvalue weighted by atomic mass is 35.5. The van der Waals surface area contributed by atoms with Crippen LogP contribution in [0.3, 0.4) is 0 Å². The van der Waals surface area contributed by atoms with Crippen molar-refractivity contribution in [1.29, 1.82) is 0 Å². The fourth-order valence-electron chi connectivity index (χ4n) is 0.215. The van der Waals surface area contributed by atoms with E-state index in [0.29, 0.717) is 6.42 Å². The van der Waals surface area contributed by atoms with Crippen LogP contribution in [-0.2, 0) is 9.74 Å². The molecule has 0 aliphatic rings. The van der Waals surface area contributed by atoms with Gasteiger partial charge < -0.3 is 0 Å². The Labute approximate surface area is 51.5 Å². The van der Waals surface area contributed by atoms with Crippen molar-refractivity contribution in [3.63, 3.8) is 0 Å². The molecule has 0 saturated heterocycles. The Kier molecular flexibility index (Phi) is 3.52. The van der Waals surface area contributed by atoms with Crippen LogP contribution in [0.25, 0.3) is 0 Å². The van der Waals surface area contributed by atoms with E-state index >= 15 is 0 Å². The molecule has 4 heteroatoms. The Morgan fingerprint density at radius 1 is 2.00 bits per heavy atom. The first-order valence-electron chi connectivity index (χ1n) is 2.18. The largest absolute Gasteiger partial charge is 0.366 e. The van der Waals surface area contributed by atoms with Gasteiger partial charge in [-0.3, -0.25) is 4.94 Å². The van der Waals surface area contributed by atoms with E-state index in [0.717, 1.165) is 0 Å². The molecule has 0 aromatic carbocycles. The number of carbonyl (C=O) groups is 1. The molecule has 0 radical (unpaired) electrons. The second-order valence-corrected chi connectivity index (χ2v) is 1.80. The van der Waals surface area contributed by atoms with Crippen molar-refractivity contribution >= 4 is 17.6 Å². The molecule has 0 fully saturated rings. The molecule has 0 bridgehead atoms. The van der Waals surface area contributed by atoms with Crippen LogP contribution >= 0.6 is 11.6 Å². The Bertz CT molecular complexity index is 86.1. The smallest absolute Gasteiger partial charge is 0.253 e. The first-order valence-corrected chi connectivity index (χ1v) is 2.62. The number of hydrogen-bond donors (Lipinski definition) is 0. The summed E-state index contributed by atoms with van der Waals surface area (Å²) in [5.74, 6) is -1.02. The van der Waals surface area contributed by atoms with Gasteiger partial charge in [-0.2, -0.15) is 0 Å². The fourth-order valence-corrected chi connectivity index (χ4v) is 0.249. The zero-order chi connectivity index (χ0) is 6.57. The molecule has 0 aromatic heterocycles. The minimum absolute atomic E-state index is 0.379. The van der Waals surface area contributed by atoms with Gasteiger partial charge in [0.25, 0.3) is 0 Å². The maximum Gasteiger partial charge on any atom is 0.366 e. The van der Waals surface area contributed by atoms with E-state index in [1.54, 1.807) is 6.92 Å². The zero-order valence-corrected chi connectivity index (χ0v) is 5.11. The van der Waals surface area contributed by atoms with E-state index in [9.17, 15) is 9.32 Å². The SMILES string of the molecule is CCC(Cl)C(=O)OF. The minimum Gasteiger partial charge on any atom is -0.253 e. The van der Waals surface area contributed by atoms with Crippen molar-refractivity contribution in [3.8, 4) is 0 Å². The molecule has 0 aliphatic carbocycles. The van der Waals surface area contributed by atoms with Crippen molar-refractivity contribution in [3.05, 3.63) is 0 Å². The summed E-state index contributed by atoms with van der Waals surface area (Å²) in [6, 6.07) is 0. The van der Waals surface area contributed by atoms with Gasteiger partial charge in [0.2, 0.25) is 0 Å². The second kappa shape index (κ2) is 3.66. The maximum absolute atomic E-state index is 10.9. The quantitative estimate of drug-likeness (QED) is 0.543. The van der Waals surface area contributed by atoms with E-state index in [1.165, 1.54) is 0 Å². The molecular formula is C4H6ClFO2. The highest BCUT2D eigenvalue weighted by molar-refractivity contribution is 6.29. The summed E-state index contributed by atoms with van der Waals surface area (Å²) < 4.78 is 10.9. The second-order valence-electron chi connectivity index (χ2n) is 1.27. The summed E-state index contributed by atoms with van der Waals surface area (Å²) in [6.07, 6.45) is 0.379. The fraction of sp³-hybridized carbons (Fsp3) is 0.750. The van der Waals surface area contributed by atoms with Crippen LogP contribution in [-0.4, -0.2) is 11.3 Å². The molecule has 0 heterocycles. The van der Waals surface area contributed by atoms with Crippen LogP contribution in [0.5, 0.6) is 0 Å². The summed E-state index contributed by atoms with van der Waals surface area (Å²) in [5, 5.41) is -0.847. The number of hydrogen-bond acceptors (Lipinski definition) is 2. The number of alkyl halides is 1. The molecule has 0 saturated carbocycles. The van der Waals surface area contributed by atoms with Crippen molar-refractivity contribution in [2.75, 3.05) is 0 Å². The first-order chi connectivity index (χ1) is 3.72. The van der Waals surface area contributed by atoms with Gasteiger partial charge in [-0.25, -0.2) is 4.79 Å². The highest BCUT2D eigenvalue weighted by Crippen LogP contribution is 2.02. The average Bonchev–Trinajstić information content (AvgIpc) is 1.84. The van der Waals surface area contributed by atoms with E-state index in [4.69, 9.17) is 11.6 Å². The third kappa shape index (κ3) is 2.12. The van der Waals surface area contributed by atoms with Gasteiger partial charge in [-0.1, -0.05) is 6.92 Å². The molecule has 0 N–H and O–H groups in total. The Balaban J connectivity index is 3.46. The third-order valence-electron chi connectivity index (χ3n) is 0.690. The standard InChI is InChI=1S/C4H6ClFO2/c1-2-3(5)4(7)8-6/h3H,2H2,1H3. The molecular weight excluding hydrogens is 134 g/mol. The molecule has 1 atom stereocenters. The van der Waals surface area contributed by atoms with E-state index in [-0.39, 0.29) is 0 Å². The molecule has 0 spiro atoms. The maximum atomic E-state index is 10.9. The predicted molar refractivity (Wildman–Crippen MR) is 27.1 cm³/mol. The molecule has 0 aromatic rings. The van der Waals surface area contributed by atoms with Crippen LogP contribution < -0.4 is 0 Å². The number of rotatable bonds is 2. The van der Waals surface area contributed by atoms with Gasteiger partial charge in [0.15, 0.2) is 0 Å². The van der Waals surface area contributed by atoms with Crippen LogP contribution in [0.15, 0.2) is 0 Å². The lowest BCUT2D eigenvalue weighted by Gasteiger charge is -1.96. The van der Waals surface area contributed by atoms with Crippen molar-refractivity contribution in [2.24, 2.45) is 0 Å². The van der Waals surface area contributed by atoms with Gasteiger partial charge in [0.1, 0.15) is 5.38 Å². The molecule has 2 nitrogen and oxygen atoms in total. The van der Waals surface area contributed by atoms with Crippen LogP contribution in [0, 0.1) is 0 Å². The Morgan fingerprint density at radius 2 is 2.50 bits per heavy atom. The number of halogens is 2. The lowest BCUT2D eigenvalue weighted by Crippen LogP contribution is -2.12. The average molecular weight is 141 g/mol. The van der Waals surface area contributed by atoms with Crippen molar-refractivity contribution in [1.82, 2.24) is 0 Å². The van der Waals surface area contributed by atoms with Gasteiger partial charge in [0, 0.05) is 4.53 Å². The normalized spacial score (nSPS) is 12.9. The van der Waals surface area contributed by atoms with E-state index in [2.05, 4.69) is 4.94 Å². The lowest BCUT2D eigenvalue weighted by atomic mass is 10.3. The third-order valence-corrected chi connectivity index (χ3v) is 1.18. The van der Waals surface area contributed by atoms with Crippen molar-refractivity contribution in [2.45, 2.75) is 18.7 Å². The topological polar surface area (TPSA) is 26.3 Å². The zero-order valence-electron chi connectivity index (χ0n) is 4.36. The van der Waals surface area contributed by atoms with Gasteiger partial charge in [0.05, 0.1) is 0 Å². The van der Waals surface area contributed by atoms with Crippen LogP contribution in [0.1, 0.15) is 13.3 Å². The van der Waals surface area contributed by atoms with Crippen LogP contribution in [0.4, 0.5) is 4.53 Å². The predicted octanol–water partition coefficient (Wildman–Crippen LogP) is 1.43. The number of carbonyl (C=O) groups excluding carboxylic acids is 1.